The molecule has 0 saturated heterocycles. The van der Waals surface area contributed by atoms with Crippen LogP contribution >= 0.6 is 0 Å². The Morgan fingerprint density at radius 3 is 2.50 bits per heavy atom. The highest BCUT2D eigenvalue weighted by atomic mass is 14.7. The lowest BCUT2D eigenvalue weighted by Gasteiger charge is -2.00. The second-order valence-electron chi connectivity index (χ2n) is 3.06. The normalized spacial score (nSPS) is 14.9. The Morgan fingerprint density at radius 1 is 1.17 bits per heavy atom. The highest BCUT2D eigenvalue weighted by Gasteiger charge is 2.02. The smallest absolute Gasteiger partial charge is 0.0305 e. The molecule has 0 bridgehead atoms. The molecule has 1 heterocycles. The second kappa shape index (κ2) is 2.94. The summed E-state index contributed by atoms with van der Waals surface area (Å²) in [5, 5.41) is 0. The Balaban J connectivity index is 2.30. The summed E-state index contributed by atoms with van der Waals surface area (Å²) in [5.74, 6) is 0. The van der Waals surface area contributed by atoms with Gasteiger partial charge in [0.05, 0.1) is 0 Å². The molecule has 2 rings (SSSR count). The highest BCUT2D eigenvalue weighted by molar-refractivity contribution is 5.84. The molecule has 0 aliphatic carbocycles. The van der Waals surface area contributed by atoms with E-state index in [1.807, 2.05) is 12.4 Å². The lowest BCUT2D eigenvalue weighted by Crippen LogP contribution is -1.81. The molecule has 0 spiro atoms. The molecule has 1 nitrogen and oxygen atoms in total. The van der Waals surface area contributed by atoms with Crippen LogP contribution in [0.1, 0.15) is 17.5 Å². The van der Waals surface area contributed by atoms with Crippen LogP contribution in [0, 0.1) is 6.92 Å². The molecule has 0 atom stereocenters. The van der Waals surface area contributed by atoms with Crippen molar-refractivity contribution in [2.45, 2.75) is 13.3 Å². The Hall–Kier alpha value is -1.37. The first-order valence-electron chi connectivity index (χ1n) is 4.14. The van der Waals surface area contributed by atoms with Crippen LogP contribution in [-0.2, 0) is 0 Å². The molecule has 0 N–H and O–H groups in total. The van der Waals surface area contributed by atoms with Gasteiger partial charge in [0.25, 0.3) is 0 Å². The van der Waals surface area contributed by atoms with Gasteiger partial charge in [-0.25, -0.2) is 0 Å². The molecule has 1 aliphatic rings. The van der Waals surface area contributed by atoms with E-state index in [0.29, 0.717) is 0 Å². The van der Waals surface area contributed by atoms with Gasteiger partial charge in [-0.2, -0.15) is 0 Å². The molecule has 0 radical (unpaired) electrons. The van der Waals surface area contributed by atoms with Gasteiger partial charge in [0.2, 0.25) is 0 Å². The summed E-state index contributed by atoms with van der Waals surface area (Å²) >= 11 is 0. The minimum atomic E-state index is 0.975. The molecule has 0 saturated carbocycles. The first-order chi connectivity index (χ1) is 5.86. The third-order valence-electron chi connectivity index (χ3n) is 2.07. The van der Waals surface area contributed by atoms with Gasteiger partial charge < -0.3 is 0 Å². The van der Waals surface area contributed by atoms with Crippen molar-refractivity contribution in [1.82, 2.24) is 0 Å². The summed E-state index contributed by atoms with van der Waals surface area (Å²) in [6.07, 6.45) is 4.85. The standard InChI is InChI=1S/C11H11N/c1-9-2-4-10(5-3-9)11-6-7-12-8-11/h2-5,7-8H,6H2,1H3. The fourth-order valence-corrected chi connectivity index (χ4v) is 1.31. The van der Waals surface area contributed by atoms with Crippen LogP contribution in [0.25, 0.3) is 5.57 Å². The third-order valence-corrected chi connectivity index (χ3v) is 2.07. The van der Waals surface area contributed by atoms with Crippen LogP contribution in [0.15, 0.2) is 35.5 Å². The lowest BCUT2D eigenvalue weighted by molar-refractivity contribution is 1.43. The van der Waals surface area contributed by atoms with Crippen molar-refractivity contribution in [3.63, 3.8) is 0 Å². The summed E-state index contributed by atoms with van der Waals surface area (Å²) in [6.45, 7) is 2.10. The minimum absolute atomic E-state index is 0.975. The number of aryl methyl sites for hydroxylation is 1. The van der Waals surface area contributed by atoms with Crippen LogP contribution in [0.3, 0.4) is 0 Å². The van der Waals surface area contributed by atoms with Crippen LogP contribution < -0.4 is 0 Å². The largest absolute Gasteiger partial charge is 0.268 e. The monoisotopic (exact) mass is 157 g/mol. The van der Waals surface area contributed by atoms with Gasteiger partial charge in [-0.1, -0.05) is 29.8 Å². The maximum Gasteiger partial charge on any atom is 0.0305 e. The zero-order chi connectivity index (χ0) is 8.39. The maximum atomic E-state index is 4.08. The van der Waals surface area contributed by atoms with Crippen LogP contribution in [0.5, 0.6) is 0 Å². The van der Waals surface area contributed by atoms with E-state index in [0.717, 1.165) is 6.42 Å². The molecular formula is C11H11N. The Labute approximate surface area is 72.5 Å². The van der Waals surface area contributed by atoms with Crippen molar-refractivity contribution in [2.24, 2.45) is 4.99 Å². The summed E-state index contributed by atoms with van der Waals surface area (Å²) in [7, 11) is 0. The number of hydrogen-bond donors (Lipinski definition) is 0. The molecule has 12 heavy (non-hydrogen) atoms. The van der Waals surface area contributed by atoms with E-state index in [9.17, 15) is 0 Å². The molecule has 0 unspecified atom stereocenters. The van der Waals surface area contributed by atoms with Gasteiger partial charge in [0.15, 0.2) is 0 Å². The van der Waals surface area contributed by atoms with E-state index in [1.165, 1.54) is 16.7 Å². The highest BCUT2D eigenvalue weighted by Crippen LogP contribution is 2.20. The van der Waals surface area contributed by atoms with E-state index < -0.39 is 0 Å². The number of aliphatic imine (C=N–C) groups is 1. The molecular weight excluding hydrogens is 146 g/mol. The molecule has 1 aromatic rings. The van der Waals surface area contributed by atoms with Gasteiger partial charge in [0, 0.05) is 18.8 Å². The molecule has 0 amide bonds. The van der Waals surface area contributed by atoms with Gasteiger partial charge in [-0.05, 0) is 18.1 Å². The van der Waals surface area contributed by atoms with Gasteiger partial charge in [-0.15, -0.1) is 0 Å². The van der Waals surface area contributed by atoms with Crippen molar-refractivity contribution in [2.75, 3.05) is 0 Å². The predicted molar refractivity (Wildman–Crippen MR) is 52.3 cm³/mol. The second-order valence-corrected chi connectivity index (χ2v) is 3.06. The van der Waals surface area contributed by atoms with Crippen molar-refractivity contribution in [3.05, 3.63) is 41.6 Å². The van der Waals surface area contributed by atoms with Crippen molar-refractivity contribution >= 4 is 11.8 Å². The number of hydrogen-bond acceptors (Lipinski definition) is 1. The molecule has 0 fully saturated rings. The quantitative estimate of drug-likeness (QED) is 0.594. The van der Waals surface area contributed by atoms with Crippen molar-refractivity contribution in [3.8, 4) is 0 Å². The maximum absolute atomic E-state index is 4.08. The minimum Gasteiger partial charge on any atom is -0.268 e. The zero-order valence-corrected chi connectivity index (χ0v) is 7.12. The average molecular weight is 157 g/mol. The van der Waals surface area contributed by atoms with E-state index in [4.69, 9.17) is 0 Å². The van der Waals surface area contributed by atoms with E-state index >= 15 is 0 Å². The number of rotatable bonds is 1. The third kappa shape index (κ3) is 1.30. The number of allylic oxidation sites excluding steroid dienone is 1. The number of benzene rings is 1. The van der Waals surface area contributed by atoms with Gasteiger partial charge >= 0.3 is 0 Å². The predicted octanol–water partition coefficient (Wildman–Crippen LogP) is 2.81. The molecule has 0 aromatic heterocycles. The number of nitrogens with zero attached hydrogens (tertiary/aromatic N) is 1. The lowest BCUT2D eigenvalue weighted by atomic mass is 10.0. The average Bonchev–Trinajstić information content (AvgIpc) is 2.58. The van der Waals surface area contributed by atoms with E-state index in [-0.39, 0.29) is 0 Å². The summed E-state index contributed by atoms with van der Waals surface area (Å²) < 4.78 is 0. The molecule has 60 valence electrons. The van der Waals surface area contributed by atoms with Crippen LogP contribution in [-0.4, -0.2) is 6.21 Å². The molecule has 1 aromatic carbocycles. The van der Waals surface area contributed by atoms with Gasteiger partial charge in [0.1, 0.15) is 0 Å². The van der Waals surface area contributed by atoms with E-state index in [2.05, 4.69) is 36.2 Å². The zero-order valence-electron chi connectivity index (χ0n) is 7.12. The molecule has 1 heteroatoms. The van der Waals surface area contributed by atoms with E-state index in [1.54, 1.807) is 0 Å². The summed E-state index contributed by atoms with van der Waals surface area (Å²) in [4.78, 5) is 4.08. The summed E-state index contributed by atoms with van der Waals surface area (Å²) in [5.41, 5.74) is 3.91. The molecule has 1 aliphatic heterocycles. The SMILES string of the molecule is Cc1ccc(C2=CN=CC2)cc1. The van der Waals surface area contributed by atoms with Crippen LogP contribution in [0.2, 0.25) is 0 Å². The van der Waals surface area contributed by atoms with Crippen molar-refractivity contribution in [1.29, 1.82) is 0 Å². The fourth-order valence-electron chi connectivity index (χ4n) is 1.31. The van der Waals surface area contributed by atoms with Crippen molar-refractivity contribution < 1.29 is 0 Å². The first kappa shape index (κ1) is 7.29. The fraction of sp³-hybridized carbons (Fsp3) is 0.182. The Kier molecular flexibility index (Phi) is 1.78. The topological polar surface area (TPSA) is 12.4 Å². The van der Waals surface area contributed by atoms with Gasteiger partial charge in [-0.3, -0.25) is 4.99 Å². The van der Waals surface area contributed by atoms with Crippen LogP contribution in [0.4, 0.5) is 0 Å². The Bertz CT molecular complexity index is 331. The summed E-state index contributed by atoms with van der Waals surface area (Å²) in [6, 6.07) is 8.56. The first-order valence-corrected chi connectivity index (χ1v) is 4.14. The Morgan fingerprint density at radius 2 is 1.92 bits per heavy atom.